The van der Waals surface area contributed by atoms with Crippen LogP contribution in [0.3, 0.4) is 0 Å². The summed E-state index contributed by atoms with van der Waals surface area (Å²) in [4.78, 5) is 20.1. The predicted molar refractivity (Wildman–Crippen MR) is 101 cm³/mol. The van der Waals surface area contributed by atoms with Crippen molar-refractivity contribution >= 4 is 23.2 Å². The number of hydrogen-bond acceptors (Lipinski definition) is 4. The summed E-state index contributed by atoms with van der Waals surface area (Å²) in [7, 11) is 1.83. The molecule has 0 unspecified atom stereocenters. The van der Waals surface area contributed by atoms with Gasteiger partial charge in [-0.15, -0.1) is 5.10 Å². The van der Waals surface area contributed by atoms with Crippen molar-refractivity contribution in [1.82, 2.24) is 29.8 Å². The molecule has 3 rings (SSSR count). The van der Waals surface area contributed by atoms with Crippen molar-refractivity contribution in [2.24, 2.45) is 0 Å². The van der Waals surface area contributed by atoms with Crippen molar-refractivity contribution in [1.29, 1.82) is 0 Å². The van der Waals surface area contributed by atoms with Crippen LogP contribution in [-0.4, -0.2) is 62.0 Å². The lowest BCUT2D eigenvalue weighted by molar-refractivity contribution is 0.157. The molecule has 0 saturated carbocycles. The van der Waals surface area contributed by atoms with Gasteiger partial charge in [0.15, 0.2) is 5.15 Å². The Bertz CT molecular complexity index is 844. The van der Waals surface area contributed by atoms with E-state index in [9.17, 15) is 4.79 Å². The van der Waals surface area contributed by atoms with Crippen molar-refractivity contribution in [2.75, 3.05) is 20.1 Å². The molecule has 138 valence electrons. The Morgan fingerprint density at radius 1 is 1.38 bits per heavy atom. The Hall–Kier alpha value is -2.41. The third kappa shape index (κ3) is 3.44. The SMILES string of the molecule is Cc1c(C2=CCN(C(=O)N(C)C(C)C)CC2)nnn1-c1cccnc1Cl. The molecule has 1 aliphatic heterocycles. The monoisotopic (exact) mass is 374 g/mol. The molecule has 0 radical (unpaired) electrons. The first-order chi connectivity index (χ1) is 12.4. The molecular weight excluding hydrogens is 352 g/mol. The van der Waals surface area contributed by atoms with Crippen LogP contribution in [0.5, 0.6) is 0 Å². The second-order valence-electron chi connectivity index (χ2n) is 6.66. The molecule has 26 heavy (non-hydrogen) atoms. The molecule has 0 fully saturated rings. The second-order valence-corrected chi connectivity index (χ2v) is 7.02. The Morgan fingerprint density at radius 3 is 2.77 bits per heavy atom. The molecule has 0 bridgehead atoms. The zero-order chi connectivity index (χ0) is 18.8. The van der Waals surface area contributed by atoms with E-state index in [1.165, 1.54) is 0 Å². The molecule has 2 aromatic heterocycles. The number of carbonyl (C=O) groups excluding carboxylic acids is 1. The highest BCUT2D eigenvalue weighted by Gasteiger charge is 2.24. The summed E-state index contributed by atoms with van der Waals surface area (Å²) in [5.74, 6) is 0. The van der Waals surface area contributed by atoms with Gasteiger partial charge in [0.25, 0.3) is 0 Å². The van der Waals surface area contributed by atoms with Crippen molar-refractivity contribution < 1.29 is 4.79 Å². The van der Waals surface area contributed by atoms with Crippen LogP contribution in [0, 0.1) is 6.92 Å². The smallest absolute Gasteiger partial charge is 0.320 e. The van der Waals surface area contributed by atoms with E-state index >= 15 is 0 Å². The number of halogens is 1. The highest BCUT2D eigenvalue weighted by molar-refractivity contribution is 6.31. The van der Waals surface area contributed by atoms with Gasteiger partial charge in [-0.3, -0.25) is 0 Å². The zero-order valence-electron chi connectivity index (χ0n) is 15.5. The molecule has 2 amide bonds. The van der Waals surface area contributed by atoms with E-state index in [4.69, 9.17) is 11.6 Å². The average Bonchev–Trinajstić information content (AvgIpc) is 3.02. The first-order valence-electron chi connectivity index (χ1n) is 8.64. The number of carbonyl (C=O) groups is 1. The van der Waals surface area contributed by atoms with E-state index in [-0.39, 0.29) is 12.1 Å². The lowest BCUT2D eigenvalue weighted by atomic mass is 10.0. The fourth-order valence-corrected chi connectivity index (χ4v) is 3.09. The van der Waals surface area contributed by atoms with Crippen LogP contribution in [0.25, 0.3) is 11.3 Å². The van der Waals surface area contributed by atoms with Gasteiger partial charge in [-0.2, -0.15) is 0 Å². The average molecular weight is 375 g/mol. The number of pyridine rings is 1. The molecule has 8 heteroatoms. The highest BCUT2D eigenvalue weighted by Crippen LogP contribution is 2.26. The number of nitrogens with zero attached hydrogens (tertiary/aromatic N) is 6. The number of hydrogen-bond donors (Lipinski definition) is 0. The molecular formula is C18H23ClN6O. The van der Waals surface area contributed by atoms with Gasteiger partial charge in [0.1, 0.15) is 11.4 Å². The summed E-state index contributed by atoms with van der Waals surface area (Å²) in [5, 5.41) is 8.96. The maximum atomic E-state index is 12.4. The lowest BCUT2D eigenvalue weighted by Gasteiger charge is -2.32. The summed E-state index contributed by atoms with van der Waals surface area (Å²) in [5.41, 5.74) is 3.56. The molecule has 0 atom stereocenters. The Balaban J connectivity index is 1.80. The van der Waals surface area contributed by atoms with E-state index in [1.807, 2.05) is 44.9 Å². The van der Waals surface area contributed by atoms with Crippen LogP contribution in [0.4, 0.5) is 4.79 Å². The summed E-state index contributed by atoms with van der Waals surface area (Å²) < 4.78 is 1.70. The molecule has 2 aromatic rings. The van der Waals surface area contributed by atoms with E-state index in [0.717, 1.165) is 23.4 Å². The third-order valence-corrected chi connectivity index (χ3v) is 5.01. The minimum absolute atomic E-state index is 0.0535. The normalized spacial score (nSPS) is 14.5. The number of aromatic nitrogens is 4. The predicted octanol–water partition coefficient (Wildman–Crippen LogP) is 3.17. The third-order valence-electron chi connectivity index (χ3n) is 4.72. The Labute approximate surface area is 158 Å². The maximum absolute atomic E-state index is 12.4. The van der Waals surface area contributed by atoms with Crippen LogP contribution >= 0.6 is 11.6 Å². The molecule has 0 N–H and O–H groups in total. The zero-order valence-corrected chi connectivity index (χ0v) is 16.2. The first-order valence-corrected chi connectivity index (χ1v) is 9.02. The molecule has 0 aromatic carbocycles. The van der Waals surface area contributed by atoms with Gasteiger partial charge in [-0.25, -0.2) is 14.5 Å². The van der Waals surface area contributed by atoms with Gasteiger partial charge in [0.05, 0.1) is 5.69 Å². The van der Waals surface area contributed by atoms with Gasteiger partial charge in [-0.1, -0.05) is 22.9 Å². The number of rotatable bonds is 3. The standard InChI is InChI=1S/C18H23ClN6O/c1-12(2)23(4)18(26)24-10-7-14(8-11-24)16-13(3)25(22-21-16)15-6-5-9-20-17(15)19/h5-7,9,12H,8,10-11H2,1-4H3. The van der Waals surface area contributed by atoms with E-state index < -0.39 is 0 Å². The number of urea groups is 1. The van der Waals surface area contributed by atoms with Crippen molar-refractivity contribution in [3.63, 3.8) is 0 Å². The topological polar surface area (TPSA) is 67.2 Å². The van der Waals surface area contributed by atoms with Gasteiger partial charge >= 0.3 is 6.03 Å². The van der Waals surface area contributed by atoms with E-state index in [0.29, 0.717) is 23.9 Å². The van der Waals surface area contributed by atoms with Gasteiger partial charge in [-0.05, 0) is 44.9 Å². The minimum Gasteiger partial charge on any atom is -0.325 e. The molecule has 1 aliphatic rings. The summed E-state index contributed by atoms with van der Waals surface area (Å²) in [6.07, 6.45) is 4.45. The van der Waals surface area contributed by atoms with Crippen LogP contribution in [-0.2, 0) is 0 Å². The maximum Gasteiger partial charge on any atom is 0.320 e. The van der Waals surface area contributed by atoms with E-state index in [1.54, 1.807) is 15.8 Å². The first kappa shape index (κ1) is 18.4. The van der Waals surface area contributed by atoms with E-state index in [2.05, 4.69) is 21.4 Å². The molecule has 3 heterocycles. The quantitative estimate of drug-likeness (QED) is 0.774. The second kappa shape index (κ2) is 7.45. The minimum atomic E-state index is 0.0535. The van der Waals surface area contributed by atoms with Gasteiger partial charge in [0.2, 0.25) is 0 Å². The van der Waals surface area contributed by atoms with Crippen molar-refractivity contribution in [3.05, 3.63) is 40.9 Å². The lowest BCUT2D eigenvalue weighted by Crippen LogP contribution is -2.45. The van der Waals surface area contributed by atoms with Crippen molar-refractivity contribution in [3.8, 4) is 5.69 Å². The Morgan fingerprint density at radius 2 is 2.15 bits per heavy atom. The van der Waals surface area contributed by atoms with Crippen LogP contribution in [0.2, 0.25) is 5.15 Å². The van der Waals surface area contributed by atoms with Gasteiger partial charge < -0.3 is 9.80 Å². The van der Waals surface area contributed by atoms with Crippen LogP contribution in [0.1, 0.15) is 31.7 Å². The molecule has 0 aliphatic carbocycles. The highest BCUT2D eigenvalue weighted by atomic mass is 35.5. The summed E-state index contributed by atoms with van der Waals surface area (Å²) in [6.45, 7) is 7.22. The van der Waals surface area contributed by atoms with Crippen LogP contribution in [0.15, 0.2) is 24.4 Å². The molecule has 7 nitrogen and oxygen atoms in total. The fraction of sp³-hybridized carbons (Fsp3) is 0.444. The molecule has 0 saturated heterocycles. The fourth-order valence-electron chi connectivity index (χ4n) is 2.89. The van der Waals surface area contributed by atoms with Crippen LogP contribution < -0.4 is 0 Å². The van der Waals surface area contributed by atoms with Crippen molar-refractivity contribution in [2.45, 2.75) is 33.2 Å². The Kier molecular flexibility index (Phi) is 5.27. The largest absolute Gasteiger partial charge is 0.325 e. The summed E-state index contributed by atoms with van der Waals surface area (Å²) in [6, 6.07) is 3.91. The molecule has 0 spiro atoms. The summed E-state index contributed by atoms with van der Waals surface area (Å²) >= 11 is 6.17. The van der Waals surface area contributed by atoms with Gasteiger partial charge in [0, 0.05) is 32.4 Å². The number of amides is 2.